The van der Waals surface area contributed by atoms with Crippen LogP contribution in [0.4, 0.5) is 0 Å². The molecule has 2 nitrogen and oxygen atoms in total. The van der Waals surface area contributed by atoms with Crippen LogP contribution in [0.2, 0.25) is 0 Å². The first kappa shape index (κ1) is 13.4. The van der Waals surface area contributed by atoms with E-state index in [-0.39, 0.29) is 6.04 Å². The van der Waals surface area contributed by atoms with E-state index in [9.17, 15) is 0 Å². The quantitative estimate of drug-likeness (QED) is 0.829. The van der Waals surface area contributed by atoms with E-state index in [0.29, 0.717) is 12.0 Å². The van der Waals surface area contributed by atoms with Gasteiger partial charge in [0.05, 0.1) is 0 Å². The lowest BCUT2D eigenvalue weighted by Gasteiger charge is -2.38. The first-order chi connectivity index (χ1) is 9.13. The molecular weight excluding hydrogens is 302 g/mol. The van der Waals surface area contributed by atoms with Crippen molar-refractivity contribution in [3.63, 3.8) is 0 Å². The molecule has 4 unspecified atom stereocenters. The van der Waals surface area contributed by atoms with Crippen molar-refractivity contribution in [3.05, 3.63) is 28.2 Å². The molecule has 0 amide bonds. The molecule has 1 aromatic rings. The topological polar surface area (TPSA) is 35.2 Å². The Kier molecular flexibility index (Phi) is 3.86. The minimum Gasteiger partial charge on any atom is -0.490 e. The van der Waals surface area contributed by atoms with Gasteiger partial charge in [0.2, 0.25) is 0 Å². The molecule has 1 aliphatic carbocycles. The normalized spacial score (nSPS) is 34.5. The first-order valence-corrected chi connectivity index (χ1v) is 8.14. The fourth-order valence-corrected chi connectivity index (χ4v) is 3.99. The summed E-state index contributed by atoms with van der Waals surface area (Å²) in [5, 5.41) is 0. The largest absolute Gasteiger partial charge is 0.490 e. The van der Waals surface area contributed by atoms with Gasteiger partial charge >= 0.3 is 0 Å². The molecule has 104 valence electrons. The zero-order valence-corrected chi connectivity index (χ0v) is 13.0. The predicted molar refractivity (Wildman–Crippen MR) is 81.2 cm³/mol. The summed E-state index contributed by atoms with van der Waals surface area (Å²) in [5.74, 6) is 2.52. The molecule has 0 bridgehead atoms. The van der Waals surface area contributed by atoms with Crippen molar-refractivity contribution < 1.29 is 4.74 Å². The average molecular weight is 324 g/mol. The van der Waals surface area contributed by atoms with Crippen molar-refractivity contribution in [2.75, 3.05) is 0 Å². The molecule has 1 aromatic carbocycles. The van der Waals surface area contributed by atoms with Crippen LogP contribution in [0.5, 0.6) is 5.75 Å². The average Bonchev–Trinajstić information content (AvgIpc) is 2.39. The Hall–Kier alpha value is -0.540. The molecule has 1 fully saturated rings. The van der Waals surface area contributed by atoms with Gasteiger partial charge < -0.3 is 10.5 Å². The Morgan fingerprint density at radius 3 is 2.89 bits per heavy atom. The van der Waals surface area contributed by atoms with Crippen molar-refractivity contribution in [1.82, 2.24) is 0 Å². The van der Waals surface area contributed by atoms with Crippen LogP contribution in [0.25, 0.3) is 0 Å². The van der Waals surface area contributed by atoms with Crippen LogP contribution in [0.3, 0.4) is 0 Å². The van der Waals surface area contributed by atoms with Gasteiger partial charge in [-0.25, -0.2) is 0 Å². The van der Waals surface area contributed by atoms with Gasteiger partial charge in [-0.3, -0.25) is 0 Å². The zero-order valence-electron chi connectivity index (χ0n) is 11.4. The maximum absolute atomic E-state index is 6.35. The summed E-state index contributed by atoms with van der Waals surface area (Å²) in [6.45, 7) is 2.36. The van der Waals surface area contributed by atoms with Crippen LogP contribution in [-0.4, -0.2) is 6.10 Å². The Morgan fingerprint density at radius 2 is 2.11 bits per heavy atom. The Balaban J connectivity index is 1.79. The van der Waals surface area contributed by atoms with Gasteiger partial charge in [-0.1, -0.05) is 35.7 Å². The van der Waals surface area contributed by atoms with E-state index in [1.807, 2.05) is 6.07 Å². The number of fused-ring (bicyclic) bond motifs is 1. The summed E-state index contributed by atoms with van der Waals surface area (Å²) in [6.07, 6.45) is 6.58. The van der Waals surface area contributed by atoms with Gasteiger partial charge in [-0.15, -0.1) is 0 Å². The molecule has 19 heavy (non-hydrogen) atoms. The standard InChI is InChI=1S/C16H22BrNO/c1-10-3-2-4-11(7-10)16-9-14(18)13-8-12(17)5-6-15(13)19-16/h5-6,8,10-11,14,16H,2-4,7,9,18H2,1H3. The highest BCUT2D eigenvalue weighted by Crippen LogP contribution is 2.41. The molecule has 4 atom stereocenters. The summed E-state index contributed by atoms with van der Waals surface area (Å²) in [5.41, 5.74) is 7.49. The fraction of sp³-hybridized carbons (Fsp3) is 0.625. The van der Waals surface area contributed by atoms with Crippen molar-refractivity contribution in [1.29, 1.82) is 0 Å². The smallest absolute Gasteiger partial charge is 0.124 e. The van der Waals surface area contributed by atoms with E-state index in [1.54, 1.807) is 0 Å². The highest BCUT2D eigenvalue weighted by molar-refractivity contribution is 9.10. The SMILES string of the molecule is CC1CCCC(C2CC(N)c3cc(Br)ccc3O2)C1. The van der Waals surface area contributed by atoms with E-state index >= 15 is 0 Å². The highest BCUT2D eigenvalue weighted by atomic mass is 79.9. The molecular formula is C16H22BrNO. The number of halogens is 1. The van der Waals surface area contributed by atoms with E-state index in [0.717, 1.165) is 28.1 Å². The van der Waals surface area contributed by atoms with Crippen LogP contribution >= 0.6 is 15.9 Å². The summed E-state index contributed by atoms with van der Waals surface area (Å²) in [4.78, 5) is 0. The second-order valence-corrected chi connectivity index (χ2v) is 7.13. The summed E-state index contributed by atoms with van der Waals surface area (Å²) < 4.78 is 7.32. The van der Waals surface area contributed by atoms with Crippen LogP contribution in [0.15, 0.2) is 22.7 Å². The van der Waals surface area contributed by atoms with Crippen LogP contribution < -0.4 is 10.5 Å². The second kappa shape index (κ2) is 5.45. The van der Waals surface area contributed by atoms with Crippen molar-refractivity contribution in [2.24, 2.45) is 17.6 Å². The van der Waals surface area contributed by atoms with E-state index in [2.05, 4.69) is 35.0 Å². The van der Waals surface area contributed by atoms with Gasteiger partial charge in [-0.05, 0) is 42.9 Å². The first-order valence-electron chi connectivity index (χ1n) is 7.35. The molecule has 3 rings (SSSR count). The number of rotatable bonds is 1. The number of benzene rings is 1. The van der Waals surface area contributed by atoms with E-state index in [1.165, 1.54) is 25.7 Å². The number of nitrogens with two attached hydrogens (primary N) is 1. The minimum absolute atomic E-state index is 0.114. The van der Waals surface area contributed by atoms with Gasteiger partial charge in [0, 0.05) is 22.5 Å². The third-order valence-electron chi connectivity index (χ3n) is 4.64. The molecule has 0 radical (unpaired) electrons. The Bertz CT molecular complexity index is 462. The molecule has 2 aliphatic rings. The Morgan fingerprint density at radius 1 is 1.26 bits per heavy atom. The van der Waals surface area contributed by atoms with Gasteiger partial charge in [0.15, 0.2) is 0 Å². The Labute approximate surface area is 123 Å². The van der Waals surface area contributed by atoms with Crippen LogP contribution in [0, 0.1) is 11.8 Å². The molecule has 3 heteroatoms. The lowest BCUT2D eigenvalue weighted by molar-refractivity contribution is 0.0665. The molecule has 2 N–H and O–H groups in total. The third kappa shape index (κ3) is 2.82. The minimum atomic E-state index is 0.114. The third-order valence-corrected chi connectivity index (χ3v) is 5.13. The molecule has 1 saturated carbocycles. The summed E-state index contributed by atoms with van der Waals surface area (Å²) >= 11 is 3.51. The number of ether oxygens (including phenoxy) is 1. The molecule has 1 heterocycles. The van der Waals surface area contributed by atoms with Gasteiger partial charge in [0.25, 0.3) is 0 Å². The summed E-state index contributed by atoms with van der Waals surface area (Å²) in [7, 11) is 0. The highest BCUT2D eigenvalue weighted by Gasteiger charge is 2.33. The maximum Gasteiger partial charge on any atom is 0.124 e. The lowest BCUT2D eigenvalue weighted by Crippen LogP contribution is -2.37. The molecule has 1 aliphatic heterocycles. The second-order valence-electron chi connectivity index (χ2n) is 6.21. The van der Waals surface area contributed by atoms with Crippen molar-refractivity contribution >= 4 is 15.9 Å². The number of hydrogen-bond acceptors (Lipinski definition) is 2. The zero-order chi connectivity index (χ0) is 13.4. The molecule has 0 saturated heterocycles. The van der Waals surface area contributed by atoms with Gasteiger partial charge in [-0.2, -0.15) is 0 Å². The fourth-order valence-electron chi connectivity index (χ4n) is 3.61. The van der Waals surface area contributed by atoms with E-state index in [4.69, 9.17) is 10.5 Å². The van der Waals surface area contributed by atoms with E-state index < -0.39 is 0 Å². The van der Waals surface area contributed by atoms with Gasteiger partial charge in [0.1, 0.15) is 11.9 Å². The van der Waals surface area contributed by atoms with Crippen molar-refractivity contribution in [2.45, 2.75) is 51.2 Å². The number of hydrogen-bond donors (Lipinski definition) is 1. The molecule has 0 spiro atoms. The van der Waals surface area contributed by atoms with Crippen molar-refractivity contribution in [3.8, 4) is 5.75 Å². The van der Waals surface area contributed by atoms with Crippen LogP contribution in [0.1, 0.15) is 50.6 Å². The maximum atomic E-state index is 6.35. The summed E-state index contributed by atoms with van der Waals surface area (Å²) in [6, 6.07) is 6.30. The molecule has 0 aromatic heterocycles. The lowest BCUT2D eigenvalue weighted by atomic mass is 9.77. The predicted octanol–water partition coefficient (Wildman–Crippen LogP) is 4.43. The van der Waals surface area contributed by atoms with Crippen LogP contribution in [-0.2, 0) is 0 Å². The monoisotopic (exact) mass is 323 g/mol.